The van der Waals surface area contributed by atoms with E-state index in [2.05, 4.69) is 20.6 Å². The number of methoxy groups -OCH3 is 1. The number of aryl methyl sites for hydroxylation is 2. The van der Waals surface area contributed by atoms with Crippen molar-refractivity contribution in [2.24, 2.45) is 0 Å². The zero-order valence-corrected chi connectivity index (χ0v) is 14.9. The lowest BCUT2D eigenvalue weighted by Crippen LogP contribution is -2.14. The van der Waals surface area contributed by atoms with E-state index in [1.165, 1.54) is 12.4 Å². The number of carbonyl (C=O) groups excluding carboxylic acids is 1. The van der Waals surface area contributed by atoms with Gasteiger partial charge in [0.15, 0.2) is 0 Å². The molecule has 3 rings (SSSR count). The average molecular weight is 348 g/mol. The number of carbonyl (C=O) groups is 1. The van der Waals surface area contributed by atoms with Gasteiger partial charge in [0.05, 0.1) is 12.7 Å². The SMILES string of the molecule is COc1ccc(Nc2ncc(C(=O)Nc3c(C)cccc3C)cn2)cc1. The summed E-state index contributed by atoms with van der Waals surface area (Å²) in [5, 5.41) is 6.00. The van der Waals surface area contributed by atoms with Gasteiger partial charge < -0.3 is 15.4 Å². The number of benzene rings is 2. The van der Waals surface area contributed by atoms with Crippen LogP contribution in [0.15, 0.2) is 54.9 Å². The highest BCUT2D eigenvalue weighted by molar-refractivity contribution is 6.04. The monoisotopic (exact) mass is 348 g/mol. The van der Waals surface area contributed by atoms with Crippen LogP contribution in [0, 0.1) is 13.8 Å². The van der Waals surface area contributed by atoms with E-state index in [-0.39, 0.29) is 5.91 Å². The molecule has 1 amide bonds. The van der Waals surface area contributed by atoms with Gasteiger partial charge in [0.1, 0.15) is 5.75 Å². The second-order valence-electron chi connectivity index (χ2n) is 5.87. The number of hydrogen-bond acceptors (Lipinski definition) is 5. The summed E-state index contributed by atoms with van der Waals surface area (Å²) in [5.74, 6) is 0.951. The van der Waals surface area contributed by atoms with Crippen LogP contribution in [0.1, 0.15) is 21.5 Å². The second-order valence-corrected chi connectivity index (χ2v) is 5.87. The van der Waals surface area contributed by atoms with Crippen LogP contribution in [0.3, 0.4) is 0 Å². The van der Waals surface area contributed by atoms with E-state index in [4.69, 9.17) is 4.74 Å². The molecule has 6 nitrogen and oxygen atoms in total. The van der Waals surface area contributed by atoms with Gasteiger partial charge in [-0.25, -0.2) is 9.97 Å². The second kappa shape index (κ2) is 7.65. The van der Waals surface area contributed by atoms with Gasteiger partial charge in [-0.05, 0) is 49.2 Å². The fourth-order valence-corrected chi connectivity index (χ4v) is 2.51. The summed E-state index contributed by atoms with van der Waals surface area (Å²) in [7, 11) is 1.62. The van der Waals surface area contributed by atoms with Crippen LogP contribution in [0.2, 0.25) is 0 Å². The van der Waals surface area contributed by atoms with Crippen molar-refractivity contribution in [1.29, 1.82) is 0 Å². The van der Waals surface area contributed by atoms with E-state index < -0.39 is 0 Å². The zero-order valence-electron chi connectivity index (χ0n) is 14.9. The van der Waals surface area contributed by atoms with Gasteiger partial charge in [-0.1, -0.05) is 18.2 Å². The van der Waals surface area contributed by atoms with Crippen molar-refractivity contribution in [2.75, 3.05) is 17.7 Å². The Morgan fingerprint density at radius 1 is 0.962 bits per heavy atom. The molecule has 132 valence electrons. The Hall–Kier alpha value is -3.41. The van der Waals surface area contributed by atoms with Crippen LogP contribution in [0.4, 0.5) is 17.3 Å². The van der Waals surface area contributed by atoms with E-state index in [0.717, 1.165) is 28.3 Å². The molecule has 1 heterocycles. The number of anilines is 3. The molecule has 0 aliphatic carbocycles. The third kappa shape index (κ3) is 3.97. The molecular formula is C20H20N4O2. The first-order valence-electron chi connectivity index (χ1n) is 8.17. The van der Waals surface area contributed by atoms with Gasteiger partial charge >= 0.3 is 0 Å². The molecule has 0 aliphatic heterocycles. The molecule has 2 N–H and O–H groups in total. The Bertz CT molecular complexity index is 886. The number of amides is 1. The van der Waals surface area contributed by atoms with E-state index >= 15 is 0 Å². The maximum Gasteiger partial charge on any atom is 0.258 e. The molecular weight excluding hydrogens is 328 g/mol. The largest absolute Gasteiger partial charge is 0.497 e. The van der Waals surface area contributed by atoms with Crippen LogP contribution in [-0.4, -0.2) is 23.0 Å². The molecule has 3 aromatic rings. The summed E-state index contributed by atoms with van der Waals surface area (Å²) < 4.78 is 5.12. The van der Waals surface area contributed by atoms with E-state index in [1.807, 2.05) is 56.3 Å². The van der Waals surface area contributed by atoms with Crippen molar-refractivity contribution in [3.63, 3.8) is 0 Å². The number of hydrogen-bond donors (Lipinski definition) is 2. The summed E-state index contributed by atoms with van der Waals surface area (Å²) in [4.78, 5) is 20.9. The molecule has 6 heteroatoms. The van der Waals surface area contributed by atoms with Crippen molar-refractivity contribution in [3.05, 3.63) is 71.5 Å². The minimum atomic E-state index is -0.238. The Morgan fingerprint density at radius 2 is 1.58 bits per heavy atom. The highest BCUT2D eigenvalue weighted by Gasteiger charge is 2.11. The minimum Gasteiger partial charge on any atom is -0.497 e. The van der Waals surface area contributed by atoms with Gasteiger partial charge in [-0.2, -0.15) is 0 Å². The number of rotatable bonds is 5. The van der Waals surface area contributed by atoms with Crippen LogP contribution in [0.25, 0.3) is 0 Å². The van der Waals surface area contributed by atoms with E-state index in [9.17, 15) is 4.79 Å². The van der Waals surface area contributed by atoms with Crippen molar-refractivity contribution in [2.45, 2.75) is 13.8 Å². The molecule has 1 aromatic heterocycles. The molecule has 0 saturated carbocycles. The highest BCUT2D eigenvalue weighted by Crippen LogP contribution is 2.21. The van der Waals surface area contributed by atoms with Gasteiger partial charge in [0, 0.05) is 23.8 Å². The molecule has 2 aromatic carbocycles. The molecule has 0 saturated heterocycles. The number of para-hydroxylation sites is 1. The molecule has 26 heavy (non-hydrogen) atoms. The lowest BCUT2D eigenvalue weighted by atomic mass is 10.1. The molecule has 0 atom stereocenters. The zero-order chi connectivity index (χ0) is 18.5. The predicted molar refractivity (Wildman–Crippen MR) is 102 cm³/mol. The fraction of sp³-hybridized carbons (Fsp3) is 0.150. The Morgan fingerprint density at radius 3 is 2.15 bits per heavy atom. The predicted octanol–water partition coefficient (Wildman–Crippen LogP) is 4.10. The maximum absolute atomic E-state index is 12.4. The number of ether oxygens (including phenoxy) is 1. The van der Waals surface area contributed by atoms with Crippen molar-refractivity contribution < 1.29 is 9.53 Å². The van der Waals surface area contributed by atoms with Crippen LogP contribution in [0.5, 0.6) is 5.75 Å². The summed E-state index contributed by atoms with van der Waals surface area (Å²) in [6, 6.07) is 13.3. The molecule has 0 aliphatic rings. The van der Waals surface area contributed by atoms with Crippen molar-refractivity contribution >= 4 is 23.2 Å². The first kappa shape index (κ1) is 17.4. The summed E-state index contributed by atoms with van der Waals surface area (Å²) in [6.45, 7) is 3.92. The smallest absolute Gasteiger partial charge is 0.258 e. The molecule has 0 radical (unpaired) electrons. The normalized spacial score (nSPS) is 10.3. The number of aromatic nitrogens is 2. The lowest BCUT2D eigenvalue weighted by Gasteiger charge is -2.11. The van der Waals surface area contributed by atoms with Gasteiger partial charge in [0.25, 0.3) is 5.91 Å². The Balaban J connectivity index is 1.69. The van der Waals surface area contributed by atoms with Gasteiger partial charge in [-0.15, -0.1) is 0 Å². The average Bonchev–Trinajstić information content (AvgIpc) is 2.66. The third-order valence-electron chi connectivity index (χ3n) is 3.98. The standard InChI is InChI=1S/C20H20N4O2/c1-13-5-4-6-14(2)18(13)24-19(25)15-11-21-20(22-12-15)23-16-7-9-17(26-3)10-8-16/h4-12H,1-3H3,(H,24,25)(H,21,22,23). The van der Waals surface area contributed by atoms with E-state index in [1.54, 1.807) is 7.11 Å². The molecule has 0 bridgehead atoms. The van der Waals surface area contributed by atoms with Crippen LogP contribution in [-0.2, 0) is 0 Å². The maximum atomic E-state index is 12.4. The Kier molecular flexibility index (Phi) is 5.12. The number of nitrogens with one attached hydrogen (secondary N) is 2. The minimum absolute atomic E-state index is 0.238. The third-order valence-corrected chi connectivity index (χ3v) is 3.98. The lowest BCUT2D eigenvalue weighted by molar-refractivity contribution is 0.102. The number of nitrogens with zero attached hydrogens (tertiary/aromatic N) is 2. The summed E-state index contributed by atoms with van der Waals surface area (Å²) in [6.07, 6.45) is 3.00. The van der Waals surface area contributed by atoms with Gasteiger partial charge in [0.2, 0.25) is 5.95 Å². The molecule has 0 spiro atoms. The van der Waals surface area contributed by atoms with Crippen molar-refractivity contribution in [1.82, 2.24) is 9.97 Å². The summed E-state index contributed by atoms with van der Waals surface area (Å²) in [5.41, 5.74) is 4.07. The first-order valence-corrected chi connectivity index (χ1v) is 8.17. The van der Waals surface area contributed by atoms with Crippen LogP contribution >= 0.6 is 0 Å². The molecule has 0 fully saturated rings. The van der Waals surface area contributed by atoms with Crippen molar-refractivity contribution in [3.8, 4) is 5.75 Å². The summed E-state index contributed by atoms with van der Waals surface area (Å²) >= 11 is 0. The fourth-order valence-electron chi connectivity index (χ4n) is 2.51. The van der Waals surface area contributed by atoms with Gasteiger partial charge in [-0.3, -0.25) is 4.79 Å². The topological polar surface area (TPSA) is 76.1 Å². The van der Waals surface area contributed by atoms with Crippen LogP contribution < -0.4 is 15.4 Å². The first-order chi connectivity index (χ1) is 12.6. The quantitative estimate of drug-likeness (QED) is 0.726. The Labute approximate surface area is 152 Å². The van der Waals surface area contributed by atoms with E-state index in [0.29, 0.717) is 11.5 Å². The highest BCUT2D eigenvalue weighted by atomic mass is 16.5. The molecule has 0 unspecified atom stereocenters.